The number of nitrogens with zero attached hydrogens (tertiary/aromatic N) is 1. The number of hydrogen-bond donors (Lipinski definition) is 1. The van der Waals surface area contributed by atoms with E-state index in [1.807, 2.05) is 0 Å². The topological polar surface area (TPSA) is 15.3 Å². The molecule has 3 aromatic rings. The molecule has 1 aliphatic carbocycles. The molecule has 6 rings (SSSR count). The van der Waals surface area contributed by atoms with Gasteiger partial charge in [0.05, 0.1) is 0 Å². The summed E-state index contributed by atoms with van der Waals surface area (Å²) in [6.07, 6.45) is 8.86. The minimum atomic E-state index is 0.550. The first kappa shape index (κ1) is 21.7. The van der Waals surface area contributed by atoms with Gasteiger partial charge in [0.1, 0.15) is 0 Å². The number of anilines is 1. The van der Waals surface area contributed by atoms with Crippen LogP contribution in [0, 0.1) is 5.41 Å². The van der Waals surface area contributed by atoms with Crippen LogP contribution in [0.1, 0.15) is 60.8 Å². The Labute approximate surface area is 204 Å². The summed E-state index contributed by atoms with van der Waals surface area (Å²) in [7, 11) is 0. The predicted octanol–water partition coefficient (Wildman–Crippen LogP) is 6.95. The molecule has 2 fully saturated rings. The fourth-order valence-corrected chi connectivity index (χ4v) is 6.52. The molecule has 3 aromatic carbocycles. The lowest BCUT2D eigenvalue weighted by molar-refractivity contribution is 0.161. The molecule has 0 unspecified atom stereocenters. The fourth-order valence-electron chi connectivity index (χ4n) is 6.52. The number of nitrogens with one attached hydrogen (secondary N) is 1. The Morgan fingerprint density at radius 1 is 0.676 bits per heavy atom. The van der Waals surface area contributed by atoms with E-state index in [0.717, 1.165) is 12.8 Å². The van der Waals surface area contributed by atoms with E-state index < -0.39 is 0 Å². The maximum absolute atomic E-state index is 3.65. The second kappa shape index (κ2) is 9.43. The van der Waals surface area contributed by atoms with Crippen molar-refractivity contribution >= 4 is 16.8 Å². The molecule has 2 saturated heterocycles. The third kappa shape index (κ3) is 4.20. The maximum atomic E-state index is 3.65. The zero-order valence-electron chi connectivity index (χ0n) is 20.2. The molecule has 0 saturated carbocycles. The first-order chi connectivity index (χ1) is 16.8. The van der Waals surface area contributed by atoms with E-state index in [1.165, 1.54) is 97.4 Å². The summed E-state index contributed by atoms with van der Waals surface area (Å²) in [5.74, 6) is 0. The Hall–Kier alpha value is -2.84. The number of benzene rings is 3. The van der Waals surface area contributed by atoms with Crippen LogP contribution in [0.4, 0.5) is 5.69 Å². The summed E-state index contributed by atoms with van der Waals surface area (Å²) in [6, 6.07) is 29.6. The number of aryl methyl sites for hydroxylation is 1. The molecule has 3 aliphatic rings. The molecule has 1 spiro atoms. The van der Waals surface area contributed by atoms with Crippen LogP contribution in [0.15, 0.2) is 78.9 Å². The van der Waals surface area contributed by atoms with Crippen molar-refractivity contribution in [2.45, 2.75) is 44.9 Å². The Morgan fingerprint density at radius 2 is 1.44 bits per heavy atom. The second-order valence-electron chi connectivity index (χ2n) is 10.5. The Kier molecular flexibility index (Phi) is 6.01. The summed E-state index contributed by atoms with van der Waals surface area (Å²) in [4.78, 5) is 2.61. The molecule has 0 radical (unpaired) electrons. The maximum Gasteiger partial charge on any atom is 0.0366 e. The molecule has 1 N–H and O–H groups in total. The van der Waals surface area contributed by atoms with E-state index in [2.05, 4.69) is 89.1 Å². The fraction of sp³-hybridized carbons (Fsp3) is 0.375. The molecular formula is C32H36N2. The highest BCUT2D eigenvalue weighted by molar-refractivity contribution is 6.00. The number of piperidine rings is 2. The van der Waals surface area contributed by atoms with Crippen LogP contribution in [-0.4, -0.2) is 26.2 Å². The molecule has 0 amide bonds. The van der Waals surface area contributed by atoms with E-state index in [-0.39, 0.29) is 0 Å². The molecule has 2 heterocycles. The van der Waals surface area contributed by atoms with Gasteiger partial charge in [-0.1, -0.05) is 66.7 Å². The molecule has 174 valence electrons. The summed E-state index contributed by atoms with van der Waals surface area (Å²) in [5.41, 5.74) is 10.5. The molecule has 2 heteroatoms. The molecule has 34 heavy (non-hydrogen) atoms. The van der Waals surface area contributed by atoms with Gasteiger partial charge in [0.15, 0.2) is 0 Å². The van der Waals surface area contributed by atoms with E-state index in [0.29, 0.717) is 5.41 Å². The Balaban J connectivity index is 1.32. The molecular weight excluding hydrogens is 412 g/mol. The van der Waals surface area contributed by atoms with E-state index in [9.17, 15) is 0 Å². The van der Waals surface area contributed by atoms with Crippen molar-refractivity contribution in [2.75, 3.05) is 31.1 Å². The average molecular weight is 449 g/mol. The number of rotatable bonds is 3. The highest BCUT2D eigenvalue weighted by atomic mass is 15.1. The first-order valence-electron chi connectivity index (χ1n) is 13.2. The van der Waals surface area contributed by atoms with Crippen LogP contribution in [-0.2, 0) is 6.42 Å². The van der Waals surface area contributed by atoms with Crippen molar-refractivity contribution in [3.05, 3.63) is 101 Å². The van der Waals surface area contributed by atoms with Gasteiger partial charge in [-0.25, -0.2) is 0 Å². The molecule has 0 atom stereocenters. The predicted molar refractivity (Wildman–Crippen MR) is 144 cm³/mol. The van der Waals surface area contributed by atoms with E-state index in [1.54, 1.807) is 0 Å². The van der Waals surface area contributed by atoms with Crippen molar-refractivity contribution in [1.29, 1.82) is 0 Å². The minimum Gasteiger partial charge on any atom is -0.371 e. The third-order valence-electron chi connectivity index (χ3n) is 8.49. The lowest BCUT2D eigenvalue weighted by Gasteiger charge is -2.45. The number of hydrogen-bond acceptors (Lipinski definition) is 2. The highest BCUT2D eigenvalue weighted by Gasteiger charge is 2.35. The SMILES string of the molecule is c1ccc(C2=C(c3ccc(N4CCC5(CCCNC5)CC4)cc3)c3ccccc3CCC2)cc1. The van der Waals surface area contributed by atoms with Gasteiger partial charge in [-0.3, -0.25) is 0 Å². The number of allylic oxidation sites excluding steroid dienone is 1. The van der Waals surface area contributed by atoms with Gasteiger partial charge in [-0.2, -0.15) is 0 Å². The van der Waals surface area contributed by atoms with Crippen LogP contribution < -0.4 is 10.2 Å². The normalized spacial score (nSPS) is 20.2. The zero-order valence-corrected chi connectivity index (χ0v) is 20.2. The van der Waals surface area contributed by atoms with Crippen LogP contribution >= 0.6 is 0 Å². The summed E-state index contributed by atoms with van der Waals surface area (Å²) in [6.45, 7) is 4.79. The van der Waals surface area contributed by atoms with Gasteiger partial charge in [-0.15, -0.1) is 0 Å². The summed E-state index contributed by atoms with van der Waals surface area (Å²) >= 11 is 0. The van der Waals surface area contributed by atoms with Crippen molar-refractivity contribution in [2.24, 2.45) is 5.41 Å². The smallest absolute Gasteiger partial charge is 0.0366 e. The Bertz CT molecular complexity index is 1140. The van der Waals surface area contributed by atoms with Crippen molar-refractivity contribution < 1.29 is 0 Å². The molecule has 2 aliphatic heterocycles. The monoisotopic (exact) mass is 448 g/mol. The average Bonchev–Trinajstić information content (AvgIpc) is 3.10. The minimum absolute atomic E-state index is 0.550. The van der Waals surface area contributed by atoms with Crippen LogP contribution in [0.5, 0.6) is 0 Å². The summed E-state index contributed by atoms with van der Waals surface area (Å²) in [5, 5.41) is 3.65. The summed E-state index contributed by atoms with van der Waals surface area (Å²) < 4.78 is 0. The lowest BCUT2D eigenvalue weighted by Crippen LogP contribution is -2.48. The van der Waals surface area contributed by atoms with Gasteiger partial charge in [0.25, 0.3) is 0 Å². The highest BCUT2D eigenvalue weighted by Crippen LogP contribution is 2.41. The first-order valence-corrected chi connectivity index (χ1v) is 13.2. The van der Waals surface area contributed by atoms with Gasteiger partial charge >= 0.3 is 0 Å². The lowest BCUT2D eigenvalue weighted by atomic mass is 9.73. The van der Waals surface area contributed by atoms with Gasteiger partial charge < -0.3 is 10.2 Å². The quantitative estimate of drug-likeness (QED) is 0.466. The largest absolute Gasteiger partial charge is 0.371 e. The standard InChI is InChI=1S/C32H36N2/c1-2-8-25(9-3-1)30-13-6-11-26-10-4-5-12-29(26)31(30)27-14-16-28(17-15-27)34-22-19-32(20-23-34)18-7-21-33-24-32/h1-5,8-10,12,14-17,33H,6-7,11,13,18-24H2. The van der Waals surface area contributed by atoms with Crippen LogP contribution in [0.25, 0.3) is 11.1 Å². The van der Waals surface area contributed by atoms with Gasteiger partial charge in [0, 0.05) is 25.3 Å². The van der Waals surface area contributed by atoms with E-state index in [4.69, 9.17) is 0 Å². The molecule has 0 aromatic heterocycles. The zero-order chi connectivity index (χ0) is 22.8. The van der Waals surface area contributed by atoms with Crippen molar-refractivity contribution in [3.63, 3.8) is 0 Å². The van der Waals surface area contributed by atoms with Crippen molar-refractivity contribution in [3.8, 4) is 0 Å². The van der Waals surface area contributed by atoms with Gasteiger partial charge in [-0.05, 0) is 102 Å². The van der Waals surface area contributed by atoms with Gasteiger partial charge in [0.2, 0.25) is 0 Å². The van der Waals surface area contributed by atoms with E-state index >= 15 is 0 Å². The van der Waals surface area contributed by atoms with Crippen molar-refractivity contribution in [1.82, 2.24) is 5.32 Å². The van der Waals surface area contributed by atoms with Crippen LogP contribution in [0.2, 0.25) is 0 Å². The van der Waals surface area contributed by atoms with Crippen LogP contribution in [0.3, 0.4) is 0 Å². The molecule has 2 nitrogen and oxygen atoms in total. The number of fused-ring (bicyclic) bond motifs is 1. The Morgan fingerprint density at radius 3 is 2.21 bits per heavy atom. The second-order valence-corrected chi connectivity index (χ2v) is 10.5. The third-order valence-corrected chi connectivity index (χ3v) is 8.49. The molecule has 0 bridgehead atoms.